The molecule has 0 aromatic carbocycles. The third-order valence-corrected chi connectivity index (χ3v) is 5.89. The molecule has 2 amide bonds. The Morgan fingerprint density at radius 3 is 2.71 bits per heavy atom. The third kappa shape index (κ3) is 2.39. The van der Waals surface area contributed by atoms with Crippen LogP contribution in [0, 0.1) is 0 Å². The van der Waals surface area contributed by atoms with E-state index in [1.165, 1.54) is 0 Å². The lowest BCUT2D eigenvalue weighted by Gasteiger charge is -2.35. The quantitative estimate of drug-likeness (QED) is 0.690. The lowest BCUT2D eigenvalue weighted by molar-refractivity contribution is -0.130. The van der Waals surface area contributed by atoms with Crippen LogP contribution in [0.5, 0.6) is 0 Å². The molecule has 5 rings (SSSR count). The minimum absolute atomic E-state index is 0.118. The van der Waals surface area contributed by atoms with Crippen LogP contribution in [0.4, 0.5) is 0 Å². The molecule has 0 bridgehead atoms. The molecule has 2 aliphatic heterocycles. The van der Waals surface area contributed by atoms with Crippen LogP contribution in [0.25, 0.3) is 22.0 Å². The van der Waals surface area contributed by atoms with E-state index in [1.54, 1.807) is 29.7 Å². The Labute approximate surface area is 162 Å². The molecule has 3 aromatic rings. The summed E-state index contributed by atoms with van der Waals surface area (Å²) in [5.74, 6) is -0.0264. The molecule has 5 heterocycles. The van der Waals surface area contributed by atoms with Crippen molar-refractivity contribution < 1.29 is 9.59 Å². The highest BCUT2D eigenvalue weighted by Crippen LogP contribution is 2.38. The molecule has 3 aromatic heterocycles. The van der Waals surface area contributed by atoms with Gasteiger partial charge in [-0.05, 0) is 48.7 Å². The van der Waals surface area contributed by atoms with Gasteiger partial charge in [-0.1, -0.05) is 0 Å². The van der Waals surface area contributed by atoms with Crippen LogP contribution in [0.15, 0.2) is 49.1 Å². The van der Waals surface area contributed by atoms with Crippen molar-refractivity contribution in [3.63, 3.8) is 0 Å². The monoisotopic (exact) mass is 373 g/mol. The predicted octanol–water partition coefficient (Wildman–Crippen LogP) is 2.49. The van der Waals surface area contributed by atoms with E-state index in [0.29, 0.717) is 31.6 Å². The Hall–Kier alpha value is -3.35. The number of hydrogen-bond acceptors (Lipinski definition) is 5. The first kappa shape index (κ1) is 16.8. The summed E-state index contributed by atoms with van der Waals surface area (Å²) in [4.78, 5) is 42.1. The van der Waals surface area contributed by atoms with Gasteiger partial charge in [0.25, 0.3) is 5.91 Å². The molecule has 2 fully saturated rings. The topological polar surface area (TPSA) is 79.3 Å². The summed E-state index contributed by atoms with van der Waals surface area (Å²) in [5.41, 5.74) is 2.39. The number of fused-ring (bicyclic) bond motifs is 2. The van der Waals surface area contributed by atoms with Gasteiger partial charge in [0.2, 0.25) is 5.91 Å². The molecule has 1 atom stereocenters. The van der Waals surface area contributed by atoms with E-state index in [1.807, 2.05) is 36.1 Å². The van der Waals surface area contributed by atoms with Crippen LogP contribution in [-0.4, -0.2) is 55.3 Å². The number of nitrogens with zero attached hydrogens (tertiary/aromatic N) is 5. The van der Waals surface area contributed by atoms with Crippen LogP contribution in [0.3, 0.4) is 0 Å². The Bertz CT molecular complexity index is 1100. The minimum atomic E-state index is -0.556. The molecule has 0 saturated carbocycles. The van der Waals surface area contributed by atoms with E-state index in [9.17, 15) is 9.59 Å². The average Bonchev–Trinajstić information content (AvgIpc) is 3.22. The maximum Gasteiger partial charge on any atom is 0.274 e. The van der Waals surface area contributed by atoms with Crippen LogP contribution >= 0.6 is 0 Å². The first-order valence-electron chi connectivity index (χ1n) is 9.35. The van der Waals surface area contributed by atoms with Crippen LogP contribution in [-0.2, 0) is 4.79 Å². The average molecular weight is 373 g/mol. The molecular formula is C21H19N5O2. The molecule has 0 N–H and O–H groups in total. The Morgan fingerprint density at radius 1 is 1.11 bits per heavy atom. The maximum atomic E-state index is 13.4. The van der Waals surface area contributed by atoms with Crippen molar-refractivity contribution in [2.75, 3.05) is 13.1 Å². The maximum absolute atomic E-state index is 13.4. The molecule has 7 nitrogen and oxygen atoms in total. The fourth-order valence-corrected chi connectivity index (χ4v) is 4.38. The van der Waals surface area contributed by atoms with Gasteiger partial charge in [-0.25, -0.2) is 4.98 Å². The van der Waals surface area contributed by atoms with Gasteiger partial charge >= 0.3 is 0 Å². The van der Waals surface area contributed by atoms with E-state index in [4.69, 9.17) is 0 Å². The van der Waals surface area contributed by atoms with Crippen molar-refractivity contribution in [3.8, 4) is 11.1 Å². The Balaban J connectivity index is 1.62. The van der Waals surface area contributed by atoms with Crippen molar-refractivity contribution in [1.82, 2.24) is 24.8 Å². The number of hydrogen-bond donors (Lipinski definition) is 0. The van der Waals surface area contributed by atoms with E-state index in [2.05, 4.69) is 15.0 Å². The van der Waals surface area contributed by atoms with Gasteiger partial charge in [-0.15, -0.1) is 0 Å². The number of rotatable bonds is 2. The number of amides is 2. The fourth-order valence-electron chi connectivity index (χ4n) is 4.38. The van der Waals surface area contributed by atoms with Crippen LogP contribution < -0.4 is 0 Å². The summed E-state index contributed by atoms with van der Waals surface area (Å²) in [5, 5.41) is 0.885. The molecule has 28 heavy (non-hydrogen) atoms. The van der Waals surface area contributed by atoms with Gasteiger partial charge < -0.3 is 9.80 Å². The zero-order valence-corrected chi connectivity index (χ0v) is 15.5. The fraction of sp³-hybridized carbons (Fsp3) is 0.286. The first-order chi connectivity index (χ1) is 13.6. The zero-order chi connectivity index (χ0) is 19.3. The van der Waals surface area contributed by atoms with E-state index < -0.39 is 5.66 Å². The van der Waals surface area contributed by atoms with Gasteiger partial charge in [-0.3, -0.25) is 19.6 Å². The summed E-state index contributed by atoms with van der Waals surface area (Å²) < 4.78 is 0. The Morgan fingerprint density at radius 2 is 1.89 bits per heavy atom. The minimum Gasteiger partial charge on any atom is -0.318 e. The van der Waals surface area contributed by atoms with E-state index >= 15 is 0 Å². The van der Waals surface area contributed by atoms with E-state index in [0.717, 1.165) is 22.0 Å². The molecule has 2 aliphatic rings. The Kier molecular flexibility index (Phi) is 3.65. The number of aromatic nitrogens is 3. The van der Waals surface area contributed by atoms with Crippen molar-refractivity contribution in [1.29, 1.82) is 0 Å². The second-order valence-electron chi connectivity index (χ2n) is 7.40. The summed E-state index contributed by atoms with van der Waals surface area (Å²) in [7, 11) is 0. The number of pyridine rings is 3. The van der Waals surface area contributed by atoms with Crippen LogP contribution in [0.1, 0.15) is 30.3 Å². The molecule has 140 valence electrons. The van der Waals surface area contributed by atoms with Gasteiger partial charge in [0, 0.05) is 49.7 Å². The summed E-state index contributed by atoms with van der Waals surface area (Å²) in [6, 6.07) is 7.45. The summed E-state index contributed by atoms with van der Waals surface area (Å²) in [6.45, 7) is 3.08. The van der Waals surface area contributed by atoms with E-state index in [-0.39, 0.29) is 11.8 Å². The predicted molar refractivity (Wildman–Crippen MR) is 103 cm³/mol. The van der Waals surface area contributed by atoms with Crippen LogP contribution in [0.2, 0.25) is 0 Å². The molecule has 0 aliphatic carbocycles. The van der Waals surface area contributed by atoms with Crippen molar-refractivity contribution >= 4 is 22.7 Å². The van der Waals surface area contributed by atoms with Crippen molar-refractivity contribution in [2.45, 2.75) is 25.4 Å². The lowest BCUT2D eigenvalue weighted by Crippen LogP contribution is -2.50. The highest BCUT2D eigenvalue weighted by molar-refractivity contribution is 6.01. The second kappa shape index (κ2) is 6.09. The van der Waals surface area contributed by atoms with Crippen molar-refractivity contribution in [2.24, 2.45) is 0 Å². The SMILES string of the molecule is CC12CCC(=O)N1CCN2C(=O)c1cc(-c2ccncc2)c2cnccc2n1. The third-order valence-electron chi connectivity index (χ3n) is 5.89. The smallest absolute Gasteiger partial charge is 0.274 e. The zero-order valence-electron chi connectivity index (χ0n) is 15.5. The highest BCUT2D eigenvalue weighted by Gasteiger charge is 2.52. The normalized spacial score (nSPS) is 21.4. The van der Waals surface area contributed by atoms with Gasteiger partial charge in [0.1, 0.15) is 11.4 Å². The molecule has 7 heteroatoms. The van der Waals surface area contributed by atoms with Crippen molar-refractivity contribution in [3.05, 3.63) is 54.7 Å². The molecule has 0 spiro atoms. The standard InChI is InChI=1S/C21H19N5O2/c1-21-6-2-19(27)25(21)10-11-26(21)20(28)18-12-15(14-3-7-22-8-4-14)16-13-23-9-5-17(16)24-18/h3-5,7-9,12-13H,2,6,10-11H2,1H3. The molecule has 1 unspecified atom stereocenters. The highest BCUT2D eigenvalue weighted by atomic mass is 16.2. The van der Waals surface area contributed by atoms with Gasteiger partial charge in [-0.2, -0.15) is 0 Å². The van der Waals surface area contributed by atoms with Gasteiger partial charge in [0.15, 0.2) is 0 Å². The largest absolute Gasteiger partial charge is 0.318 e. The van der Waals surface area contributed by atoms with Gasteiger partial charge in [0.05, 0.1) is 5.52 Å². The number of carbonyl (C=O) groups excluding carboxylic acids is 2. The summed E-state index contributed by atoms with van der Waals surface area (Å²) >= 11 is 0. The summed E-state index contributed by atoms with van der Waals surface area (Å²) in [6.07, 6.45) is 8.03. The molecule has 2 saturated heterocycles. The first-order valence-corrected chi connectivity index (χ1v) is 9.35. The lowest BCUT2D eigenvalue weighted by atomic mass is 10.0. The number of carbonyl (C=O) groups is 2. The molecule has 0 radical (unpaired) electrons. The second-order valence-corrected chi connectivity index (χ2v) is 7.40. The molecular weight excluding hydrogens is 354 g/mol.